The van der Waals surface area contributed by atoms with Crippen LogP contribution in [0.1, 0.15) is 23.2 Å². The van der Waals surface area contributed by atoms with Crippen molar-refractivity contribution in [3.63, 3.8) is 0 Å². The topological polar surface area (TPSA) is 54.5 Å². The van der Waals surface area contributed by atoms with Crippen LogP contribution in [-0.4, -0.2) is 49.1 Å². The van der Waals surface area contributed by atoms with Gasteiger partial charge in [0.1, 0.15) is 0 Å². The Bertz CT molecular complexity index is 418. The number of amides is 1. The lowest BCUT2D eigenvalue weighted by Crippen LogP contribution is -2.36. The van der Waals surface area contributed by atoms with E-state index in [1.165, 1.54) is 0 Å². The Balaban J connectivity index is 2.16. The number of nitrogens with zero attached hydrogens (tertiary/aromatic N) is 2. The highest BCUT2D eigenvalue weighted by Gasteiger charge is 2.33. The van der Waals surface area contributed by atoms with Crippen LogP contribution in [0.25, 0.3) is 0 Å². The van der Waals surface area contributed by atoms with Gasteiger partial charge in [-0.05, 0) is 18.9 Å². The van der Waals surface area contributed by atoms with Gasteiger partial charge in [0.2, 0.25) is 0 Å². The first-order valence-electron chi connectivity index (χ1n) is 6.19. The lowest BCUT2D eigenvalue weighted by molar-refractivity contribution is 0.0681. The predicted molar refractivity (Wildman–Crippen MR) is 69.7 cm³/mol. The summed E-state index contributed by atoms with van der Waals surface area (Å²) in [5.41, 5.74) is 1.45. The van der Waals surface area contributed by atoms with Gasteiger partial charge in [0.05, 0.1) is 24.1 Å². The molecule has 0 aliphatic heterocycles. The fraction of sp³-hybridized carbons (Fsp3) is 0.538. The van der Waals surface area contributed by atoms with Crippen molar-refractivity contribution in [2.45, 2.75) is 18.9 Å². The van der Waals surface area contributed by atoms with Gasteiger partial charge in [-0.2, -0.15) is 0 Å². The molecule has 1 saturated carbocycles. The van der Waals surface area contributed by atoms with Crippen molar-refractivity contribution < 1.29 is 9.53 Å². The maximum absolute atomic E-state index is 12.5. The van der Waals surface area contributed by atoms with Crippen LogP contribution in [0.4, 0.5) is 5.69 Å². The fourth-order valence-corrected chi connectivity index (χ4v) is 1.96. The number of pyridine rings is 1. The molecule has 0 saturated heterocycles. The van der Waals surface area contributed by atoms with Crippen molar-refractivity contribution in [1.82, 2.24) is 9.88 Å². The summed E-state index contributed by atoms with van der Waals surface area (Å²) in [7, 11) is 3.45. The van der Waals surface area contributed by atoms with E-state index in [1.54, 1.807) is 32.6 Å². The van der Waals surface area contributed by atoms with Crippen LogP contribution in [0.2, 0.25) is 0 Å². The highest BCUT2D eigenvalue weighted by Crippen LogP contribution is 2.29. The van der Waals surface area contributed by atoms with Crippen molar-refractivity contribution in [3.8, 4) is 0 Å². The largest absolute Gasteiger partial charge is 0.386 e. The Morgan fingerprint density at radius 2 is 2.39 bits per heavy atom. The molecule has 1 aliphatic rings. The zero-order valence-electron chi connectivity index (χ0n) is 10.8. The van der Waals surface area contributed by atoms with E-state index >= 15 is 0 Å². The molecule has 0 radical (unpaired) electrons. The average Bonchev–Trinajstić information content (AvgIpc) is 3.23. The number of anilines is 1. The molecule has 0 aromatic carbocycles. The standard InChI is InChI=1S/C13H19N3O2/c1-14-12-9-15-6-5-11(12)13(17)16(7-8-18-2)10-3-4-10/h5-6,9-10,14H,3-4,7-8H2,1-2H3. The summed E-state index contributed by atoms with van der Waals surface area (Å²) >= 11 is 0. The lowest BCUT2D eigenvalue weighted by Gasteiger charge is -2.23. The third-order valence-corrected chi connectivity index (χ3v) is 3.11. The summed E-state index contributed by atoms with van der Waals surface area (Å²) in [5, 5.41) is 3.01. The Labute approximate surface area is 107 Å². The van der Waals surface area contributed by atoms with E-state index in [4.69, 9.17) is 4.74 Å². The highest BCUT2D eigenvalue weighted by molar-refractivity contribution is 5.99. The molecule has 18 heavy (non-hydrogen) atoms. The van der Waals surface area contributed by atoms with E-state index in [0.717, 1.165) is 18.5 Å². The fourth-order valence-electron chi connectivity index (χ4n) is 1.96. The summed E-state index contributed by atoms with van der Waals surface area (Å²) in [4.78, 5) is 18.4. The minimum Gasteiger partial charge on any atom is -0.386 e. The molecule has 0 bridgehead atoms. The minimum atomic E-state index is 0.0568. The van der Waals surface area contributed by atoms with Gasteiger partial charge in [-0.25, -0.2) is 0 Å². The number of nitrogens with one attached hydrogen (secondary N) is 1. The summed E-state index contributed by atoms with van der Waals surface area (Å²) in [5.74, 6) is 0.0568. The maximum atomic E-state index is 12.5. The van der Waals surface area contributed by atoms with Gasteiger partial charge in [-0.1, -0.05) is 0 Å². The molecular weight excluding hydrogens is 230 g/mol. The smallest absolute Gasteiger partial charge is 0.256 e. The molecule has 1 aromatic heterocycles. The van der Waals surface area contributed by atoms with E-state index < -0.39 is 0 Å². The van der Waals surface area contributed by atoms with Gasteiger partial charge in [0, 0.05) is 32.9 Å². The number of aromatic nitrogens is 1. The minimum absolute atomic E-state index is 0.0568. The van der Waals surface area contributed by atoms with E-state index in [2.05, 4.69) is 10.3 Å². The van der Waals surface area contributed by atoms with E-state index in [-0.39, 0.29) is 5.91 Å². The molecule has 98 valence electrons. The number of ether oxygens (including phenoxy) is 1. The molecule has 0 atom stereocenters. The van der Waals surface area contributed by atoms with Gasteiger partial charge < -0.3 is 15.0 Å². The number of rotatable bonds is 6. The Kier molecular flexibility index (Phi) is 4.15. The molecule has 1 aliphatic carbocycles. The van der Waals surface area contributed by atoms with E-state index in [0.29, 0.717) is 24.8 Å². The summed E-state index contributed by atoms with van der Waals surface area (Å²) in [6.07, 6.45) is 5.51. The molecule has 0 unspecified atom stereocenters. The summed E-state index contributed by atoms with van der Waals surface area (Å²) < 4.78 is 5.07. The van der Waals surface area contributed by atoms with Crippen molar-refractivity contribution in [2.24, 2.45) is 0 Å². The first kappa shape index (κ1) is 12.8. The van der Waals surface area contributed by atoms with Crippen molar-refractivity contribution in [1.29, 1.82) is 0 Å². The number of hydrogen-bond acceptors (Lipinski definition) is 4. The quantitative estimate of drug-likeness (QED) is 0.827. The van der Waals surface area contributed by atoms with Gasteiger partial charge >= 0.3 is 0 Å². The normalized spacial score (nSPS) is 14.3. The molecule has 5 nitrogen and oxygen atoms in total. The molecular formula is C13H19N3O2. The molecule has 1 N–H and O–H groups in total. The number of hydrogen-bond donors (Lipinski definition) is 1. The van der Waals surface area contributed by atoms with Crippen LogP contribution in [0, 0.1) is 0 Å². The van der Waals surface area contributed by atoms with Gasteiger partial charge in [0.15, 0.2) is 0 Å². The van der Waals surface area contributed by atoms with Crippen molar-refractivity contribution >= 4 is 11.6 Å². The van der Waals surface area contributed by atoms with Gasteiger partial charge in [0.25, 0.3) is 5.91 Å². The number of carbonyl (C=O) groups excluding carboxylic acids is 1. The third-order valence-electron chi connectivity index (χ3n) is 3.11. The van der Waals surface area contributed by atoms with Gasteiger partial charge in [-0.15, -0.1) is 0 Å². The Morgan fingerprint density at radius 1 is 1.61 bits per heavy atom. The summed E-state index contributed by atoms with van der Waals surface area (Å²) in [6, 6.07) is 2.14. The molecule has 1 aromatic rings. The number of methoxy groups -OCH3 is 1. The second-order valence-electron chi connectivity index (χ2n) is 4.39. The van der Waals surface area contributed by atoms with Crippen LogP contribution < -0.4 is 5.32 Å². The lowest BCUT2D eigenvalue weighted by atomic mass is 10.2. The average molecular weight is 249 g/mol. The van der Waals surface area contributed by atoms with E-state index in [9.17, 15) is 4.79 Å². The molecule has 0 spiro atoms. The third kappa shape index (κ3) is 2.79. The Morgan fingerprint density at radius 3 is 3.00 bits per heavy atom. The molecule has 1 heterocycles. The monoisotopic (exact) mass is 249 g/mol. The number of carbonyl (C=O) groups is 1. The zero-order chi connectivity index (χ0) is 13.0. The molecule has 1 amide bonds. The van der Waals surface area contributed by atoms with Crippen molar-refractivity contribution in [3.05, 3.63) is 24.0 Å². The van der Waals surface area contributed by atoms with Crippen LogP contribution in [0.5, 0.6) is 0 Å². The molecule has 2 rings (SSSR count). The molecule has 1 fully saturated rings. The summed E-state index contributed by atoms with van der Waals surface area (Å²) in [6.45, 7) is 1.22. The second-order valence-corrected chi connectivity index (χ2v) is 4.39. The second kappa shape index (κ2) is 5.82. The van der Waals surface area contributed by atoms with Crippen LogP contribution in [-0.2, 0) is 4.74 Å². The molecule has 5 heteroatoms. The van der Waals surface area contributed by atoms with Crippen LogP contribution in [0.3, 0.4) is 0 Å². The maximum Gasteiger partial charge on any atom is 0.256 e. The van der Waals surface area contributed by atoms with Crippen LogP contribution in [0.15, 0.2) is 18.5 Å². The first-order chi connectivity index (χ1) is 8.77. The predicted octanol–water partition coefficient (Wildman–Crippen LogP) is 1.37. The van der Waals surface area contributed by atoms with Crippen molar-refractivity contribution in [2.75, 3.05) is 32.6 Å². The first-order valence-corrected chi connectivity index (χ1v) is 6.19. The highest BCUT2D eigenvalue weighted by atomic mass is 16.5. The van der Waals surface area contributed by atoms with Crippen LogP contribution >= 0.6 is 0 Å². The SMILES string of the molecule is CNc1cnccc1C(=O)N(CCOC)C1CC1. The Hall–Kier alpha value is -1.62. The zero-order valence-corrected chi connectivity index (χ0v) is 10.8. The van der Waals surface area contributed by atoms with Gasteiger partial charge in [-0.3, -0.25) is 9.78 Å². The van der Waals surface area contributed by atoms with E-state index in [1.807, 2.05) is 4.90 Å².